The number of aromatic nitrogens is 2. The van der Waals surface area contributed by atoms with Crippen LogP contribution in [-0.2, 0) is 11.3 Å². The van der Waals surface area contributed by atoms with Gasteiger partial charge < -0.3 is 5.32 Å². The first-order chi connectivity index (χ1) is 10.5. The monoisotopic (exact) mass is 324 g/mol. The van der Waals surface area contributed by atoms with Gasteiger partial charge in [-0.3, -0.25) is 14.4 Å². The van der Waals surface area contributed by atoms with Gasteiger partial charge in [0.1, 0.15) is 0 Å². The fraction of sp³-hybridized carbons (Fsp3) is 0.750. The Kier molecular flexibility index (Phi) is 6.32. The van der Waals surface area contributed by atoms with E-state index in [9.17, 15) is 4.79 Å². The summed E-state index contributed by atoms with van der Waals surface area (Å²) in [6, 6.07) is 0. The molecule has 124 valence electrons. The van der Waals surface area contributed by atoms with Crippen LogP contribution in [0.5, 0.6) is 0 Å². The lowest BCUT2D eigenvalue weighted by Gasteiger charge is -2.31. The quantitative estimate of drug-likeness (QED) is 0.873. The van der Waals surface area contributed by atoms with Crippen LogP contribution in [0.3, 0.4) is 0 Å². The summed E-state index contributed by atoms with van der Waals surface area (Å²) in [5.41, 5.74) is 2.81. The van der Waals surface area contributed by atoms with E-state index in [1.165, 1.54) is 18.6 Å². The molecule has 1 saturated heterocycles. The molecule has 0 aromatic carbocycles. The third-order valence-electron chi connectivity index (χ3n) is 4.42. The summed E-state index contributed by atoms with van der Waals surface area (Å²) in [6.45, 7) is 9.39. The maximum absolute atomic E-state index is 12.3. The van der Waals surface area contributed by atoms with E-state index in [0.29, 0.717) is 6.54 Å². The summed E-state index contributed by atoms with van der Waals surface area (Å²) < 4.78 is 1.93. The lowest BCUT2D eigenvalue weighted by molar-refractivity contribution is -0.117. The third-order valence-corrected chi connectivity index (χ3v) is 5.23. The zero-order chi connectivity index (χ0) is 16.1. The highest BCUT2D eigenvalue weighted by Crippen LogP contribution is 2.21. The van der Waals surface area contributed by atoms with E-state index in [2.05, 4.69) is 28.5 Å². The van der Waals surface area contributed by atoms with Crippen LogP contribution < -0.4 is 5.32 Å². The zero-order valence-electron chi connectivity index (χ0n) is 14.2. The number of anilines is 1. The normalized spacial score (nSPS) is 16.9. The van der Waals surface area contributed by atoms with Crippen LogP contribution >= 0.6 is 11.8 Å². The maximum Gasteiger partial charge on any atom is 0.238 e. The number of amides is 1. The first-order valence-electron chi connectivity index (χ1n) is 8.10. The molecule has 0 spiro atoms. The molecule has 1 aliphatic rings. The first kappa shape index (κ1) is 17.3. The Balaban J connectivity index is 1.85. The van der Waals surface area contributed by atoms with Crippen molar-refractivity contribution in [2.75, 3.05) is 37.0 Å². The summed E-state index contributed by atoms with van der Waals surface area (Å²) in [6.07, 6.45) is 4.58. The van der Waals surface area contributed by atoms with E-state index in [-0.39, 0.29) is 5.91 Å². The van der Waals surface area contributed by atoms with Crippen molar-refractivity contribution in [1.82, 2.24) is 14.7 Å². The molecular formula is C16H28N4OS. The number of hydrogen-bond donors (Lipinski definition) is 1. The van der Waals surface area contributed by atoms with E-state index in [4.69, 9.17) is 0 Å². The summed E-state index contributed by atoms with van der Waals surface area (Å²) >= 11 is 1.93. The number of rotatable bonds is 6. The average Bonchev–Trinajstić information content (AvgIpc) is 2.77. The lowest BCUT2D eigenvalue weighted by atomic mass is 9.99. The molecule has 2 rings (SSSR count). The van der Waals surface area contributed by atoms with Crippen molar-refractivity contribution >= 4 is 23.4 Å². The van der Waals surface area contributed by atoms with E-state index in [0.717, 1.165) is 42.6 Å². The Labute approximate surface area is 137 Å². The van der Waals surface area contributed by atoms with Gasteiger partial charge in [0.05, 0.1) is 23.6 Å². The molecule has 0 atom stereocenters. The van der Waals surface area contributed by atoms with Gasteiger partial charge in [-0.05, 0) is 64.6 Å². The fourth-order valence-electron chi connectivity index (χ4n) is 3.11. The van der Waals surface area contributed by atoms with Crippen LogP contribution in [0.1, 0.15) is 31.2 Å². The standard InChI is InChI=1S/C16H28N4OS/c1-5-20-13(3)16(12(2)18-20)17-15(21)10-19-8-6-14(7-9-19)11-22-4/h14H,5-11H2,1-4H3,(H,17,21). The summed E-state index contributed by atoms with van der Waals surface area (Å²) in [7, 11) is 0. The fourth-order valence-corrected chi connectivity index (χ4v) is 3.92. The number of nitrogens with one attached hydrogen (secondary N) is 1. The number of thioether (sulfide) groups is 1. The van der Waals surface area contributed by atoms with Gasteiger partial charge in [0.15, 0.2) is 0 Å². The smallest absolute Gasteiger partial charge is 0.238 e. The van der Waals surface area contributed by atoms with Gasteiger partial charge in [-0.2, -0.15) is 16.9 Å². The van der Waals surface area contributed by atoms with Crippen molar-refractivity contribution in [3.63, 3.8) is 0 Å². The molecule has 0 saturated carbocycles. The topological polar surface area (TPSA) is 50.2 Å². The molecule has 1 N–H and O–H groups in total. The molecule has 0 unspecified atom stereocenters. The Bertz CT molecular complexity index is 506. The van der Waals surface area contributed by atoms with E-state index in [1.807, 2.05) is 30.3 Å². The van der Waals surface area contributed by atoms with Gasteiger partial charge >= 0.3 is 0 Å². The van der Waals surface area contributed by atoms with Crippen LogP contribution in [0.4, 0.5) is 5.69 Å². The van der Waals surface area contributed by atoms with Gasteiger partial charge in [-0.1, -0.05) is 0 Å². The van der Waals surface area contributed by atoms with Crippen LogP contribution in [0.25, 0.3) is 0 Å². The van der Waals surface area contributed by atoms with Gasteiger partial charge in [-0.25, -0.2) is 0 Å². The van der Waals surface area contributed by atoms with Crippen molar-refractivity contribution in [1.29, 1.82) is 0 Å². The highest BCUT2D eigenvalue weighted by molar-refractivity contribution is 7.98. The third kappa shape index (κ3) is 4.26. The SMILES string of the molecule is CCn1nc(C)c(NC(=O)CN2CCC(CSC)CC2)c1C. The minimum atomic E-state index is 0.0742. The van der Waals surface area contributed by atoms with Crippen molar-refractivity contribution in [3.8, 4) is 0 Å². The molecule has 1 aromatic heterocycles. The van der Waals surface area contributed by atoms with Crippen LogP contribution in [0.2, 0.25) is 0 Å². The van der Waals surface area contributed by atoms with Crippen molar-refractivity contribution in [2.24, 2.45) is 5.92 Å². The number of piperidine rings is 1. The zero-order valence-corrected chi connectivity index (χ0v) is 15.0. The molecule has 1 aliphatic heterocycles. The Morgan fingerprint density at radius 2 is 2.05 bits per heavy atom. The number of likely N-dealkylation sites (tertiary alicyclic amines) is 1. The molecule has 0 bridgehead atoms. The first-order valence-corrected chi connectivity index (χ1v) is 9.49. The van der Waals surface area contributed by atoms with E-state index >= 15 is 0 Å². The van der Waals surface area contributed by atoms with Crippen LogP contribution in [0.15, 0.2) is 0 Å². The molecule has 2 heterocycles. The van der Waals surface area contributed by atoms with Gasteiger partial charge in [0.25, 0.3) is 0 Å². The molecular weight excluding hydrogens is 296 g/mol. The number of hydrogen-bond acceptors (Lipinski definition) is 4. The summed E-state index contributed by atoms with van der Waals surface area (Å²) in [5.74, 6) is 2.14. The second kappa shape index (κ2) is 8.02. The largest absolute Gasteiger partial charge is 0.322 e. The molecule has 1 amide bonds. The predicted octanol–water partition coefficient (Wildman–Crippen LogP) is 2.53. The second-order valence-corrected chi connectivity index (χ2v) is 7.00. The average molecular weight is 324 g/mol. The molecule has 1 aromatic rings. The van der Waals surface area contributed by atoms with Gasteiger partial charge in [0, 0.05) is 6.54 Å². The number of carbonyl (C=O) groups is 1. The minimum absolute atomic E-state index is 0.0742. The molecule has 1 fully saturated rings. The van der Waals surface area contributed by atoms with Crippen LogP contribution in [0, 0.1) is 19.8 Å². The van der Waals surface area contributed by atoms with Gasteiger partial charge in [0.2, 0.25) is 5.91 Å². The van der Waals surface area contributed by atoms with Crippen molar-refractivity contribution in [3.05, 3.63) is 11.4 Å². The minimum Gasteiger partial charge on any atom is -0.322 e. The number of aryl methyl sites for hydroxylation is 2. The van der Waals surface area contributed by atoms with Crippen molar-refractivity contribution < 1.29 is 4.79 Å². The Morgan fingerprint density at radius 1 is 1.36 bits per heavy atom. The van der Waals surface area contributed by atoms with E-state index in [1.54, 1.807) is 0 Å². The maximum atomic E-state index is 12.3. The Morgan fingerprint density at radius 3 is 2.59 bits per heavy atom. The summed E-state index contributed by atoms with van der Waals surface area (Å²) in [5, 5.41) is 7.49. The van der Waals surface area contributed by atoms with Crippen molar-refractivity contribution in [2.45, 2.75) is 40.2 Å². The number of carbonyl (C=O) groups excluding carboxylic acids is 1. The molecule has 0 radical (unpaired) electrons. The highest BCUT2D eigenvalue weighted by Gasteiger charge is 2.21. The predicted molar refractivity (Wildman–Crippen MR) is 93.6 cm³/mol. The van der Waals surface area contributed by atoms with Crippen LogP contribution in [-0.4, -0.2) is 52.2 Å². The number of nitrogens with zero attached hydrogens (tertiary/aromatic N) is 3. The lowest BCUT2D eigenvalue weighted by Crippen LogP contribution is -2.39. The molecule has 6 heteroatoms. The molecule has 22 heavy (non-hydrogen) atoms. The molecule has 0 aliphatic carbocycles. The Hall–Kier alpha value is -1.01. The van der Waals surface area contributed by atoms with Gasteiger partial charge in [-0.15, -0.1) is 0 Å². The summed E-state index contributed by atoms with van der Waals surface area (Å²) in [4.78, 5) is 14.6. The van der Waals surface area contributed by atoms with E-state index < -0.39 is 0 Å². The second-order valence-electron chi connectivity index (χ2n) is 6.08. The molecule has 5 nitrogen and oxygen atoms in total. The highest BCUT2D eigenvalue weighted by atomic mass is 32.2.